The van der Waals surface area contributed by atoms with Gasteiger partial charge in [-0.25, -0.2) is 19.2 Å². The standard InChI is InChI=1S/C23H38NO9P/c1-3-5-14-28-22(25)30-16-10-18-32-34(27,24-20-21-12-8-7-9-13-21)33-19-11-17-31-23(26)29-15-6-4-2/h7-9,12-13H,3-6,10-11,14-20H2,1-2H3,(H,24,27). The van der Waals surface area contributed by atoms with Crippen LogP contribution in [0.25, 0.3) is 0 Å². The molecule has 0 unspecified atom stereocenters. The van der Waals surface area contributed by atoms with Gasteiger partial charge in [-0.1, -0.05) is 57.0 Å². The zero-order chi connectivity index (χ0) is 24.9. The van der Waals surface area contributed by atoms with Crippen molar-refractivity contribution >= 4 is 20.1 Å². The fraction of sp³-hybridized carbons (Fsp3) is 0.652. The quantitative estimate of drug-likeness (QED) is 0.145. The minimum Gasteiger partial charge on any atom is -0.434 e. The van der Waals surface area contributed by atoms with Crippen molar-refractivity contribution in [3.8, 4) is 0 Å². The highest BCUT2D eigenvalue weighted by Gasteiger charge is 2.24. The Bertz CT molecular complexity index is 682. The van der Waals surface area contributed by atoms with Crippen LogP contribution in [0.3, 0.4) is 0 Å². The third-order valence-electron chi connectivity index (χ3n) is 4.29. The van der Waals surface area contributed by atoms with E-state index >= 15 is 0 Å². The van der Waals surface area contributed by atoms with Crippen LogP contribution in [-0.4, -0.2) is 52.0 Å². The molecule has 0 aliphatic rings. The van der Waals surface area contributed by atoms with Crippen LogP contribution in [0, 0.1) is 0 Å². The van der Waals surface area contributed by atoms with Gasteiger partial charge in [-0.05, 0) is 18.4 Å². The van der Waals surface area contributed by atoms with E-state index in [9.17, 15) is 14.2 Å². The third kappa shape index (κ3) is 15.7. The number of rotatable bonds is 19. The first-order valence-corrected chi connectivity index (χ1v) is 13.3. The lowest BCUT2D eigenvalue weighted by Crippen LogP contribution is -2.17. The molecule has 0 aliphatic heterocycles. The van der Waals surface area contributed by atoms with Crippen LogP contribution in [0.5, 0.6) is 0 Å². The lowest BCUT2D eigenvalue weighted by Gasteiger charge is -2.19. The van der Waals surface area contributed by atoms with Gasteiger partial charge in [0.1, 0.15) is 0 Å². The largest absolute Gasteiger partial charge is 0.508 e. The highest BCUT2D eigenvalue weighted by atomic mass is 31.2. The van der Waals surface area contributed by atoms with Gasteiger partial charge in [-0.2, -0.15) is 0 Å². The Hall–Kier alpha value is -2.13. The van der Waals surface area contributed by atoms with Crippen molar-refractivity contribution in [3.05, 3.63) is 35.9 Å². The molecule has 11 heteroatoms. The molecule has 10 nitrogen and oxygen atoms in total. The molecule has 1 aromatic carbocycles. The summed E-state index contributed by atoms with van der Waals surface area (Å²) in [5.41, 5.74) is 0.909. The summed E-state index contributed by atoms with van der Waals surface area (Å²) in [6, 6.07) is 9.40. The lowest BCUT2D eigenvalue weighted by atomic mass is 10.2. The van der Waals surface area contributed by atoms with E-state index in [2.05, 4.69) is 5.09 Å². The molecule has 1 aromatic rings. The van der Waals surface area contributed by atoms with E-state index in [1.165, 1.54) is 0 Å². The number of benzene rings is 1. The van der Waals surface area contributed by atoms with Crippen LogP contribution in [0.1, 0.15) is 57.9 Å². The topological polar surface area (TPSA) is 119 Å². The minimum absolute atomic E-state index is 0.0432. The van der Waals surface area contributed by atoms with E-state index in [4.69, 9.17) is 28.0 Å². The highest BCUT2D eigenvalue weighted by Crippen LogP contribution is 2.44. The van der Waals surface area contributed by atoms with Crippen LogP contribution in [-0.2, 0) is 39.1 Å². The van der Waals surface area contributed by atoms with E-state index in [0.29, 0.717) is 26.1 Å². The summed E-state index contributed by atoms with van der Waals surface area (Å²) >= 11 is 0. The summed E-state index contributed by atoms with van der Waals surface area (Å²) in [5.74, 6) is 0. The Labute approximate surface area is 202 Å². The van der Waals surface area contributed by atoms with Crippen LogP contribution >= 0.6 is 7.75 Å². The molecule has 0 amide bonds. The Morgan fingerprint density at radius 2 is 1.15 bits per heavy atom. The van der Waals surface area contributed by atoms with Gasteiger partial charge in [0, 0.05) is 19.4 Å². The molecule has 0 bridgehead atoms. The zero-order valence-corrected chi connectivity index (χ0v) is 21.1. The third-order valence-corrected chi connectivity index (χ3v) is 5.89. The predicted octanol–water partition coefficient (Wildman–Crippen LogP) is 5.60. The van der Waals surface area contributed by atoms with Crippen molar-refractivity contribution in [2.45, 2.75) is 58.9 Å². The first-order valence-electron chi connectivity index (χ1n) is 11.8. The Balaban J connectivity index is 2.37. The van der Waals surface area contributed by atoms with Crippen molar-refractivity contribution in [1.29, 1.82) is 0 Å². The van der Waals surface area contributed by atoms with Gasteiger partial charge in [0.05, 0.1) is 39.6 Å². The molecule has 194 valence electrons. The molecule has 0 heterocycles. The van der Waals surface area contributed by atoms with E-state index in [-0.39, 0.29) is 33.0 Å². The molecule has 0 saturated carbocycles. The van der Waals surface area contributed by atoms with Crippen molar-refractivity contribution in [1.82, 2.24) is 5.09 Å². The number of hydrogen-bond acceptors (Lipinski definition) is 9. The summed E-state index contributed by atoms with van der Waals surface area (Å²) < 4.78 is 43.8. The molecule has 0 fully saturated rings. The van der Waals surface area contributed by atoms with Gasteiger partial charge in [0.25, 0.3) is 0 Å². The van der Waals surface area contributed by atoms with Crippen molar-refractivity contribution < 1.29 is 42.1 Å². The number of carbonyl (C=O) groups is 2. The first-order chi connectivity index (χ1) is 16.5. The molecule has 34 heavy (non-hydrogen) atoms. The number of nitrogens with one attached hydrogen (secondary N) is 1. The number of ether oxygens (including phenoxy) is 4. The molecule has 0 radical (unpaired) electrons. The molecule has 0 atom stereocenters. The average molecular weight is 504 g/mol. The van der Waals surface area contributed by atoms with E-state index in [1.54, 1.807) is 0 Å². The Kier molecular flexibility index (Phi) is 16.9. The van der Waals surface area contributed by atoms with Crippen LogP contribution in [0.2, 0.25) is 0 Å². The number of unbranched alkanes of at least 4 members (excludes halogenated alkanes) is 2. The molecule has 0 aliphatic carbocycles. The number of hydrogen-bond donors (Lipinski definition) is 1. The van der Waals surface area contributed by atoms with Crippen molar-refractivity contribution in [2.75, 3.05) is 39.6 Å². The summed E-state index contributed by atoms with van der Waals surface area (Å²) in [7, 11) is -3.65. The predicted molar refractivity (Wildman–Crippen MR) is 126 cm³/mol. The SMILES string of the molecule is CCCCOC(=O)OCCCOP(=O)(NCc1ccccc1)OCCCOC(=O)OCCCC. The molecule has 1 N–H and O–H groups in total. The minimum atomic E-state index is -3.65. The van der Waals surface area contributed by atoms with E-state index < -0.39 is 20.1 Å². The van der Waals surface area contributed by atoms with E-state index in [0.717, 1.165) is 31.2 Å². The Morgan fingerprint density at radius 3 is 1.59 bits per heavy atom. The lowest BCUT2D eigenvalue weighted by molar-refractivity contribution is 0.0497. The van der Waals surface area contributed by atoms with Gasteiger partial charge >= 0.3 is 20.1 Å². The monoisotopic (exact) mass is 503 g/mol. The summed E-state index contributed by atoms with van der Waals surface area (Å²) in [6.07, 6.45) is 2.55. The van der Waals surface area contributed by atoms with Gasteiger partial charge in [-0.15, -0.1) is 0 Å². The second-order valence-corrected chi connectivity index (χ2v) is 9.12. The summed E-state index contributed by atoms with van der Waals surface area (Å²) in [5, 5.41) is 2.83. The smallest absolute Gasteiger partial charge is 0.434 e. The van der Waals surface area contributed by atoms with E-state index in [1.807, 2.05) is 44.2 Å². The van der Waals surface area contributed by atoms with Gasteiger partial charge in [-0.3, -0.25) is 9.05 Å². The normalized spacial score (nSPS) is 11.1. The summed E-state index contributed by atoms with van der Waals surface area (Å²) in [4.78, 5) is 22.9. The average Bonchev–Trinajstić information content (AvgIpc) is 2.83. The maximum Gasteiger partial charge on any atom is 0.508 e. The second kappa shape index (κ2) is 19.2. The molecule has 0 spiro atoms. The molecular weight excluding hydrogens is 465 g/mol. The fourth-order valence-electron chi connectivity index (χ4n) is 2.39. The van der Waals surface area contributed by atoms with Crippen LogP contribution < -0.4 is 5.09 Å². The number of carbonyl (C=O) groups excluding carboxylic acids is 2. The van der Waals surface area contributed by atoms with Crippen LogP contribution in [0.4, 0.5) is 9.59 Å². The molecule has 0 saturated heterocycles. The fourth-order valence-corrected chi connectivity index (χ4v) is 3.77. The second-order valence-electron chi connectivity index (χ2n) is 7.29. The first kappa shape index (κ1) is 29.9. The maximum atomic E-state index is 13.1. The highest BCUT2D eigenvalue weighted by molar-refractivity contribution is 7.51. The van der Waals surface area contributed by atoms with Gasteiger partial charge in [0.2, 0.25) is 0 Å². The maximum absolute atomic E-state index is 13.1. The molecule has 0 aromatic heterocycles. The Morgan fingerprint density at radius 1 is 0.706 bits per heavy atom. The zero-order valence-electron chi connectivity index (χ0n) is 20.2. The van der Waals surface area contributed by atoms with Crippen molar-refractivity contribution in [2.24, 2.45) is 0 Å². The molecule has 1 rings (SSSR count). The van der Waals surface area contributed by atoms with Gasteiger partial charge < -0.3 is 18.9 Å². The van der Waals surface area contributed by atoms with Crippen LogP contribution in [0.15, 0.2) is 30.3 Å². The molecular formula is C23H38NO9P. The van der Waals surface area contributed by atoms with Gasteiger partial charge in [0.15, 0.2) is 0 Å². The van der Waals surface area contributed by atoms with Crippen molar-refractivity contribution in [3.63, 3.8) is 0 Å². The summed E-state index contributed by atoms with van der Waals surface area (Å²) in [6.45, 7) is 5.12.